The predicted molar refractivity (Wildman–Crippen MR) is 83.9 cm³/mol. The number of hydrogen-bond acceptors (Lipinski definition) is 5. The molecule has 0 saturated carbocycles. The van der Waals surface area contributed by atoms with Crippen LogP contribution in [-0.2, 0) is 0 Å². The summed E-state index contributed by atoms with van der Waals surface area (Å²) in [5.74, 6) is 1.78. The van der Waals surface area contributed by atoms with E-state index in [1.54, 1.807) is 48.7 Å². The Morgan fingerprint density at radius 3 is 2.55 bits per heavy atom. The summed E-state index contributed by atoms with van der Waals surface area (Å²) in [4.78, 5) is 4.29. The topological polar surface area (TPSA) is 81.2 Å². The van der Waals surface area contributed by atoms with Crippen molar-refractivity contribution in [2.75, 3.05) is 12.8 Å². The predicted octanol–water partition coefficient (Wildman–Crippen LogP) is 3.49. The highest BCUT2D eigenvalue weighted by Crippen LogP contribution is 2.33. The van der Waals surface area contributed by atoms with E-state index in [2.05, 4.69) is 11.1 Å². The van der Waals surface area contributed by atoms with Crippen LogP contribution in [0.25, 0.3) is 10.9 Å². The number of methoxy groups -OCH3 is 1. The van der Waals surface area contributed by atoms with Crippen LogP contribution in [0, 0.1) is 11.3 Å². The standard InChI is InChI=1S/C17H13N3O2/c1-21-17-9-15-14(8-11(17)10-18)16(6-7-20-15)22-13-4-2-12(19)3-5-13/h2-9H,19H2,1H3. The van der Waals surface area contributed by atoms with Gasteiger partial charge in [-0.3, -0.25) is 4.98 Å². The number of anilines is 1. The van der Waals surface area contributed by atoms with Gasteiger partial charge in [0.2, 0.25) is 0 Å². The summed E-state index contributed by atoms with van der Waals surface area (Å²) in [6.07, 6.45) is 1.65. The lowest BCUT2D eigenvalue weighted by Crippen LogP contribution is -1.92. The quantitative estimate of drug-likeness (QED) is 0.747. The molecule has 0 atom stereocenters. The molecule has 0 saturated heterocycles. The number of ether oxygens (including phenoxy) is 2. The van der Waals surface area contributed by atoms with E-state index in [4.69, 9.17) is 15.2 Å². The first-order chi connectivity index (χ1) is 10.7. The third-order valence-corrected chi connectivity index (χ3v) is 3.25. The van der Waals surface area contributed by atoms with Gasteiger partial charge >= 0.3 is 0 Å². The van der Waals surface area contributed by atoms with E-state index in [1.165, 1.54) is 7.11 Å². The Hall–Kier alpha value is -3.26. The fourth-order valence-corrected chi connectivity index (χ4v) is 2.16. The Labute approximate surface area is 127 Å². The van der Waals surface area contributed by atoms with E-state index < -0.39 is 0 Å². The molecule has 0 aliphatic carbocycles. The largest absolute Gasteiger partial charge is 0.495 e. The average Bonchev–Trinajstić information content (AvgIpc) is 2.56. The highest BCUT2D eigenvalue weighted by Gasteiger charge is 2.10. The van der Waals surface area contributed by atoms with Gasteiger partial charge in [0, 0.05) is 23.3 Å². The van der Waals surface area contributed by atoms with Crippen molar-refractivity contribution in [1.82, 2.24) is 4.98 Å². The summed E-state index contributed by atoms with van der Waals surface area (Å²) < 4.78 is 11.1. The lowest BCUT2D eigenvalue weighted by Gasteiger charge is -2.10. The van der Waals surface area contributed by atoms with E-state index in [1.807, 2.05) is 0 Å². The van der Waals surface area contributed by atoms with Crippen molar-refractivity contribution in [3.63, 3.8) is 0 Å². The van der Waals surface area contributed by atoms with E-state index in [0.29, 0.717) is 34.0 Å². The van der Waals surface area contributed by atoms with Crippen LogP contribution in [0.4, 0.5) is 5.69 Å². The molecule has 3 rings (SSSR count). The monoisotopic (exact) mass is 291 g/mol. The van der Waals surface area contributed by atoms with Crippen molar-refractivity contribution in [2.24, 2.45) is 0 Å². The number of benzene rings is 2. The number of fused-ring (bicyclic) bond motifs is 1. The van der Waals surface area contributed by atoms with Crippen LogP contribution in [0.3, 0.4) is 0 Å². The zero-order valence-corrected chi connectivity index (χ0v) is 11.9. The van der Waals surface area contributed by atoms with Crippen LogP contribution >= 0.6 is 0 Å². The molecule has 0 amide bonds. The molecule has 0 aliphatic rings. The van der Waals surface area contributed by atoms with E-state index >= 15 is 0 Å². The number of nitrogen functional groups attached to an aromatic ring is 1. The van der Waals surface area contributed by atoms with Crippen LogP contribution in [0.2, 0.25) is 0 Å². The van der Waals surface area contributed by atoms with Gasteiger partial charge in [-0.2, -0.15) is 5.26 Å². The molecule has 0 spiro atoms. The summed E-state index contributed by atoms with van der Waals surface area (Å²) >= 11 is 0. The first-order valence-electron chi connectivity index (χ1n) is 6.61. The first kappa shape index (κ1) is 13.7. The summed E-state index contributed by atoms with van der Waals surface area (Å²) in [6, 6.07) is 14.4. The zero-order chi connectivity index (χ0) is 15.5. The molecular formula is C17H13N3O2. The van der Waals surface area contributed by atoms with Gasteiger partial charge in [0.25, 0.3) is 0 Å². The molecule has 2 aromatic carbocycles. The molecule has 22 heavy (non-hydrogen) atoms. The van der Waals surface area contributed by atoms with E-state index in [9.17, 15) is 5.26 Å². The Balaban J connectivity index is 2.10. The Morgan fingerprint density at radius 1 is 1.09 bits per heavy atom. The van der Waals surface area contributed by atoms with Gasteiger partial charge in [-0.05, 0) is 36.4 Å². The average molecular weight is 291 g/mol. The lowest BCUT2D eigenvalue weighted by atomic mass is 10.1. The Kier molecular flexibility index (Phi) is 3.50. The van der Waals surface area contributed by atoms with Crippen LogP contribution in [0.15, 0.2) is 48.7 Å². The number of nitrogens with zero attached hydrogens (tertiary/aromatic N) is 2. The highest BCUT2D eigenvalue weighted by molar-refractivity contribution is 5.88. The minimum Gasteiger partial charge on any atom is -0.495 e. The third-order valence-electron chi connectivity index (χ3n) is 3.25. The van der Waals surface area contributed by atoms with Crippen LogP contribution in [-0.4, -0.2) is 12.1 Å². The van der Waals surface area contributed by atoms with Gasteiger partial charge in [-0.1, -0.05) is 0 Å². The number of nitriles is 1. The summed E-state index contributed by atoms with van der Waals surface area (Å²) in [5, 5.41) is 9.96. The van der Waals surface area contributed by atoms with Gasteiger partial charge in [-0.25, -0.2) is 0 Å². The maximum absolute atomic E-state index is 9.22. The number of aromatic nitrogens is 1. The Morgan fingerprint density at radius 2 is 1.86 bits per heavy atom. The van der Waals surface area contributed by atoms with Crippen molar-refractivity contribution in [1.29, 1.82) is 5.26 Å². The van der Waals surface area contributed by atoms with E-state index in [-0.39, 0.29) is 0 Å². The molecule has 2 N–H and O–H groups in total. The maximum atomic E-state index is 9.22. The van der Waals surface area contributed by atoms with Gasteiger partial charge in [0.05, 0.1) is 18.2 Å². The van der Waals surface area contributed by atoms with Gasteiger partial charge < -0.3 is 15.2 Å². The van der Waals surface area contributed by atoms with E-state index in [0.717, 1.165) is 5.39 Å². The van der Waals surface area contributed by atoms with Crippen LogP contribution in [0.5, 0.6) is 17.2 Å². The molecule has 0 bridgehead atoms. The molecule has 0 aliphatic heterocycles. The normalized spacial score (nSPS) is 10.2. The zero-order valence-electron chi connectivity index (χ0n) is 11.9. The molecule has 5 heteroatoms. The number of nitrogens with two attached hydrogens (primary N) is 1. The molecule has 3 aromatic rings. The van der Waals surface area contributed by atoms with Crippen molar-refractivity contribution in [2.45, 2.75) is 0 Å². The molecule has 0 radical (unpaired) electrons. The summed E-state index contributed by atoms with van der Waals surface area (Å²) in [7, 11) is 1.52. The number of hydrogen-bond donors (Lipinski definition) is 1. The molecule has 0 fully saturated rings. The first-order valence-corrected chi connectivity index (χ1v) is 6.61. The smallest absolute Gasteiger partial charge is 0.138 e. The maximum Gasteiger partial charge on any atom is 0.138 e. The minimum absolute atomic E-state index is 0.435. The van der Waals surface area contributed by atoms with Crippen molar-refractivity contribution in [3.8, 4) is 23.3 Å². The van der Waals surface area contributed by atoms with Gasteiger partial charge in [0.1, 0.15) is 23.3 Å². The third kappa shape index (κ3) is 2.50. The summed E-state index contributed by atoms with van der Waals surface area (Å²) in [6.45, 7) is 0. The molecular weight excluding hydrogens is 278 g/mol. The summed E-state index contributed by atoms with van der Waals surface area (Å²) in [5.41, 5.74) is 7.47. The molecule has 108 valence electrons. The number of rotatable bonds is 3. The second kappa shape index (κ2) is 5.62. The fourth-order valence-electron chi connectivity index (χ4n) is 2.16. The van der Waals surface area contributed by atoms with Crippen molar-refractivity contribution < 1.29 is 9.47 Å². The second-order valence-corrected chi connectivity index (χ2v) is 4.66. The molecule has 1 aromatic heterocycles. The highest BCUT2D eigenvalue weighted by atomic mass is 16.5. The van der Waals surface area contributed by atoms with Crippen LogP contribution in [0.1, 0.15) is 5.56 Å². The van der Waals surface area contributed by atoms with Crippen molar-refractivity contribution in [3.05, 3.63) is 54.2 Å². The van der Waals surface area contributed by atoms with Crippen LogP contribution < -0.4 is 15.2 Å². The van der Waals surface area contributed by atoms with Gasteiger partial charge in [0.15, 0.2) is 0 Å². The fraction of sp³-hybridized carbons (Fsp3) is 0.0588. The SMILES string of the molecule is COc1cc2nccc(Oc3ccc(N)cc3)c2cc1C#N. The lowest BCUT2D eigenvalue weighted by molar-refractivity contribution is 0.414. The Bertz CT molecular complexity index is 867. The minimum atomic E-state index is 0.435. The molecule has 1 heterocycles. The van der Waals surface area contributed by atoms with Crippen molar-refractivity contribution >= 4 is 16.6 Å². The van der Waals surface area contributed by atoms with Gasteiger partial charge in [-0.15, -0.1) is 0 Å². The number of pyridine rings is 1. The molecule has 5 nitrogen and oxygen atoms in total. The molecule has 0 unspecified atom stereocenters. The second-order valence-electron chi connectivity index (χ2n) is 4.66.